The number of para-hydroxylation sites is 1. The summed E-state index contributed by atoms with van der Waals surface area (Å²) in [7, 11) is 0. The van der Waals surface area contributed by atoms with E-state index in [1.54, 1.807) is 56.3 Å². The molecule has 176 valence electrons. The van der Waals surface area contributed by atoms with Gasteiger partial charge in [0.25, 0.3) is 0 Å². The zero-order valence-corrected chi connectivity index (χ0v) is 19.7. The van der Waals surface area contributed by atoms with Crippen molar-refractivity contribution in [1.82, 2.24) is 0 Å². The second kappa shape index (κ2) is 8.25. The molecule has 35 heavy (non-hydrogen) atoms. The Bertz CT molecular complexity index is 1470. The van der Waals surface area contributed by atoms with Gasteiger partial charge in [-0.1, -0.05) is 36.4 Å². The molecule has 1 amide bonds. The molecule has 2 aliphatic rings. The predicted molar refractivity (Wildman–Crippen MR) is 127 cm³/mol. The summed E-state index contributed by atoms with van der Waals surface area (Å²) in [6.07, 6.45) is 0. The number of nitriles is 1. The number of anilines is 1. The number of carbonyl (C=O) groups is 2. The predicted octanol–water partition coefficient (Wildman–Crippen LogP) is 4.29. The van der Waals surface area contributed by atoms with Gasteiger partial charge < -0.3 is 20.1 Å². The lowest BCUT2D eigenvalue weighted by Gasteiger charge is -2.32. The number of aryl methyl sites for hydroxylation is 1. The summed E-state index contributed by atoms with van der Waals surface area (Å²) in [6, 6.07) is 15.3. The Morgan fingerprint density at radius 3 is 2.69 bits per heavy atom. The molecule has 2 aromatic carbocycles. The van der Waals surface area contributed by atoms with Crippen LogP contribution in [0.4, 0.5) is 10.1 Å². The first-order valence-electron chi connectivity index (χ1n) is 10.9. The number of hydrogen-bond acceptors (Lipinski definition) is 7. The van der Waals surface area contributed by atoms with E-state index in [0.29, 0.717) is 26.6 Å². The molecule has 5 rings (SSSR count). The number of halogens is 1. The van der Waals surface area contributed by atoms with Crippen molar-refractivity contribution >= 4 is 28.9 Å². The molecule has 1 spiro atoms. The lowest BCUT2D eigenvalue weighted by atomic mass is 9.72. The van der Waals surface area contributed by atoms with Crippen molar-refractivity contribution in [2.24, 2.45) is 5.73 Å². The Morgan fingerprint density at radius 1 is 1.26 bits per heavy atom. The average molecular weight is 490 g/mol. The fourth-order valence-corrected chi connectivity index (χ4v) is 6.05. The zero-order valence-electron chi connectivity index (χ0n) is 18.9. The van der Waals surface area contributed by atoms with Crippen LogP contribution in [0.5, 0.6) is 5.75 Å². The van der Waals surface area contributed by atoms with Crippen LogP contribution in [0.3, 0.4) is 0 Å². The van der Waals surface area contributed by atoms with E-state index >= 15 is 0 Å². The third kappa shape index (κ3) is 3.07. The van der Waals surface area contributed by atoms with Crippen LogP contribution < -0.4 is 15.4 Å². The lowest BCUT2D eigenvalue weighted by Crippen LogP contribution is -2.45. The maximum Gasteiger partial charge on any atom is 0.343 e. The maximum atomic E-state index is 14.6. The Kier molecular flexibility index (Phi) is 5.33. The summed E-state index contributed by atoms with van der Waals surface area (Å²) in [6.45, 7) is 3.51. The minimum Gasteiger partial charge on any atom is -0.462 e. The van der Waals surface area contributed by atoms with Crippen LogP contribution in [0.2, 0.25) is 0 Å². The van der Waals surface area contributed by atoms with Crippen LogP contribution >= 0.6 is 11.3 Å². The molecule has 0 fully saturated rings. The molecule has 3 aromatic rings. The normalized spacial score (nSPS) is 18.2. The highest BCUT2D eigenvalue weighted by Gasteiger charge is 2.61. The summed E-state index contributed by atoms with van der Waals surface area (Å²) >= 11 is 1.18. The summed E-state index contributed by atoms with van der Waals surface area (Å²) in [5, 5.41) is 10.2. The lowest BCUT2D eigenvalue weighted by molar-refractivity contribution is -0.121. The van der Waals surface area contributed by atoms with Crippen molar-refractivity contribution in [2.75, 3.05) is 11.5 Å². The average Bonchev–Trinajstić information content (AvgIpc) is 3.29. The zero-order chi connectivity index (χ0) is 24.9. The molecule has 0 aliphatic carbocycles. The van der Waals surface area contributed by atoms with E-state index in [9.17, 15) is 19.2 Å². The van der Waals surface area contributed by atoms with Crippen molar-refractivity contribution in [1.29, 1.82) is 5.26 Å². The molecule has 0 bridgehead atoms. The quantitative estimate of drug-likeness (QED) is 0.548. The Morgan fingerprint density at radius 2 is 1.97 bits per heavy atom. The van der Waals surface area contributed by atoms with Crippen molar-refractivity contribution in [3.05, 3.63) is 92.2 Å². The summed E-state index contributed by atoms with van der Waals surface area (Å²) in [4.78, 5) is 29.5. The number of carbonyl (C=O) groups excluding carboxylic acids is 2. The van der Waals surface area contributed by atoms with Gasteiger partial charge in [-0.3, -0.25) is 4.79 Å². The van der Waals surface area contributed by atoms with Gasteiger partial charge in [0, 0.05) is 21.7 Å². The number of amides is 1. The number of rotatable bonds is 4. The molecule has 2 N–H and O–H groups in total. The van der Waals surface area contributed by atoms with Gasteiger partial charge in [-0.05, 0) is 26.0 Å². The van der Waals surface area contributed by atoms with Crippen molar-refractivity contribution in [3.8, 4) is 11.8 Å². The Labute approximate surface area is 204 Å². The number of thiophene rings is 1. The third-order valence-electron chi connectivity index (χ3n) is 6.26. The topological polar surface area (TPSA) is 106 Å². The van der Waals surface area contributed by atoms with E-state index in [-0.39, 0.29) is 35.9 Å². The van der Waals surface area contributed by atoms with Gasteiger partial charge in [-0.25, -0.2) is 9.18 Å². The van der Waals surface area contributed by atoms with E-state index < -0.39 is 23.1 Å². The molecule has 0 radical (unpaired) electrons. The highest BCUT2D eigenvalue weighted by Crippen LogP contribution is 2.59. The minimum absolute atomic E-state index is 0.0475. The van der Waals surface area contributed by atoms with Crippen LogP contribution in [0, 0.1) is 24.1 Å². The van der Waals surface area contributed by atoms with E-state index in [1.165, 1.54) is 22.3 Å². The number of fused-ring (bicyclic) bond motifs is 4. The number of nitrogens with two attached hydrogens (primary N) is 1. The van der Waals surface area contributed by atoms with Crippen LogP contribution in [-0.4, -0.2) is 18.5 Å². The van der Waals surface area contributed by atoms with Crippen molar-refractivity contribution in [2.45, 2.75) is 25.8 Å². The summed E-state index contributed by atoms with van der Waals surface area (Å²) < 4.78 is 25.6. The van der Waals surface area contributed by atoms with Gasteiger partial charge in [0.15, 0.2) is 11.2 Å². The van der Waals surface area contributed by atoms with Crippen LogP contribution in [-0.2, 0) is 21.5 Å². The first-order valence-corrected chi connectivity index (χ1v) is 11.7. The molecule has 9 heteroatoms. The molecule has 0 saturated heterocycles. The number of hydrogen-bond donors (Lipinski definition) is 1. The van der Waals surface area contributed by atoms with Gasteiger partial charge in [0.2, 0.25) is 11.8 Å². The van der Waals surface area contributed by atoms with Crippen LogP contribution in [0.25, 0.3) is 0 Å². The van der Waals surface area contributed by atoms with Crippen molar-refractivity contribution in [3.63, 3.8) is 0 Å². The fraction of sp³-hybridized carbons (Fsp3) is 0.192. The first-order chi connectivity index (χ1) is 16.9. The van der Waals surface area contributed by atoms with Gasteiger partial charge in [-0.2, -0.15) is 5.26 Å². The highest BCUT2D eigenvalue weighted by atomic mass is 32.1. The second-order valence-electron chi connectivity index (χ2n) is 8.11. The molecule has 1 unspecified atom stereocenters. The largest absolute Gasteiger partial charge is 0.462 e. The molecule has 2 aliphatic heterocycles. The molecular weight excluding hydrogens is 469 g/mol. The van der Waals surface area contributed by atoms with E-state index in [1.807, 2.05) is 0 Å². The number of benzene rings is 2. The van der Waals surface area contributed by atoms with Crippen LogP contribution in [0.15, 0.2) is 60.0 Å². The van der Waals surface area contributed by atoms with Crippen molar-refractivity contribution < 1.29 is 23.5 Å². The Balaban J connectivity index is 1.79. The SMILES string of the molecule is CCOC(=O)c1c(C)sc2c1OC(N)=C(C#N)C21C(=O)N(Cc2ccccc2F)c2ccccc21. The summed E-state index contributed by atoms with van der Waals surface area (Å²) in [5.41, 5.74) is 6.04. The summed E-state index contributed by atoms with van der Waals surface area (Å²) in [5.74, 6) is -1.67. The number of ether oxygens (including phenoxy) is 2. The first kappa shape index (κ1) is 22.6. The smallest absolute Gasteiger partial charge is 0.343 e. The van der Waals surface area contributed by atoms with E-state index in [2.05, 4.69) is 6.07 Å². The van der Waals surface area contributed by atoms with Crippen LogP contribution in [0.1, 0.15) is 38.2 Å². The second-order valence-corrected chi connectivity index (χ2v) is 9.34. The number of nitrogens with zero attached hydrogens (tertiary/aromatic N) is 2. The standard InChI is InChI=1S/C26H20FN3O4S/c1-3-33-24(31)20-14(2)35-22-21(20)34-23(29)17(12-28)26(22)16-9-5-7-11-19(16)30(25(26)32)13-15-8-4-6-10-18(15)27/h4-11H,3,13,29H2,1-2H3. The molecule has 3 heterocycles. The van der Waals surface area contributed by atoms with E-state index in [0.717, 1.165) is 0 Å². The minimum atomic E-state index is -1.63. The highest BCUT2D eigenvalue weighted by molar-refractivity contribution is 7.13. The fourth-order valence-electron chi connectivity index (χ4n) is 4.77. The van der Waals surface area contributed by atoms with Gasteiger partial charge >= 0.3 is 5.97 Å². The van der Waals surface area contributed by atoms with E-state index in [4.69, 9.17) is 15.2 Å². The molecule has 1 atom stereocenters. The molecule has 1 aromatic heterocycles. The Hall–Kier alpha value is -4.16. The maximum absolute atomic E-state index is 14.6. The molecule has 0 saturated carbocycles. The van der Waals surface area contributed by atoms with Gasteiger partial charge in [-0.15, -0.1) is 11.3 Å². The van der Waals surface area contributed by atoms with Gasteiger partial charge in [0.05, 0.1) is 18.0 Å². The third-order valence-corrected chi connectivity index (χ3v) is 7.46. The van der Waals surface area contributed by atoms with Gasteiger partial charge in [0.1, 0.15) is 23.0 Å². The monoisotopic (exact) mass is 489 g/mol. The molecular formula is C26H20FN3O4S. The molecule has 7 nitrogen and oxygen atoms in total. The number of esters is 1.